The van der Waals surface area contributed by atoms with E-state index in [4.69, 9.17) is 0 Å². The quantitative estimate of drug-likeness (QED) is 0.677. The molecule has 0 bridgehead atoms. The molecule has 0 aliphatic heterocycles. The highest BCUT2D eigenvalue weighted by molar-refractivity contribution is 5.45. The molecule has 6 heteroatoms. The van der Waals surface area contributed by atoms with Crippen LogP contribution < -0.4 is 5.32 Å². The Morgan fingerprint density at radius 1 is 1.32 bits per heavy atom. The molecule has 0 radical (unpaired) electrons. The molecule has 19 heavy (non-hydrogen) atoms. The molecular formula is C13H12FN3O2. The SMILES string of the molecule is C[C@H](Nc1ccc([N+](=O)[O-])nc1)c1ccccc1F. The minimum atomic E-state index is -0.565. The lowest BCUT2D eigenvalue weighted by atomic mass is 10.1. The predicted molar refractivity (Wildman–Crippen MR) is 69.3 cm³/mol. The van der Waals surface area contributed by atoms with Gasteiger partial charge in [-0.25, -0.2) is 4.39 Å². The summed E-state index contributed by atoms with van der Waals surface area (Å²) in [7, 11) is 0. The number of rotatable bonds is 4. The van der Waals surface area contributed by atoms with Crippen LogP contribution >= 0.6 is 0 Å². The molecule has 1 aromatic heterocycles. The van der Waals surface area contributed by atoms with Gasteiger partial charge < -0.3 is 15.4 Å². The number of halogens is 1. The summed E-state index contributed by atoms with van der Waals surface area (Å²) in [6.07, 6.45) is 1.36. The second-order valence-corrected chi connectivity index (χ2v) is 4.05. The van der Waals surface area contributed by atoms with Gasteiger partial charge in [0.15, 0.2) is 6.20 Å². The third-order valence-electron chi connectivity index (χ3n) is 2.69. The summed E-state index contributed by atoms with van der Waals surface area (Å²) >= 11 is 0. The lowest BCUT2D eigenvalue weighted by molar-refractivity contribution is -0.389. The van der Waals surface area contributed by atoms with Gasteiger partial charge in [-0.2, -0.15) is 0 Å². The van der Waals surface area contributed by atoms with Gasteiger partial charge in [0.05, 0.1) is 11.7 Å². The number of pyridine rings is 1. The Balaban J connectivity index is 2.13. The molecule has 1 heterocycles. The van der Waals surface area contributed by atoms with E-state index in [0.29, 0.717) is 11.3 Å². The molecule has 0 aliphatic carbocycles. The van der Waals surface area contributed by atoms with Crippen LogP contribution in [0, 0.1) is 15.9 Å². The molecule has 0 spiro atoms. The van der Waals surface area contributed by atoms with Crippen LogP contribution in [0.25, 0.3) is 0 Å². The van der Waals surface area contributed by atoms with Gasteiger partial charge in [-0.3, -0.25) is 0 Å². The minimum absolute atomic E-state index is 0.218. The van der Waals surface area contributed by atoms with Gasteiger partial charge in [-0.15, -0.1) is 0 Å². The smallest absolute Gasteiger partial charge is 0.363 e. The van der Waals surface area contributed by atoms with Crippen molar-refractivity contribution in [3.05, 3.63) is 64.1 Å². The topological polar surface area (TPSA) is 68.1 Å². The molecule has 1 atom stereocenters. The largest absolute Gasteiger partial charge is 0.375 e. The van der Waals surface area contributed by atoms with Gasteiger partial charge in [0.2, 0.25) is 0 Å². The van der Waals surface area contributed by atoms with Crippen molar-refractivity contribution in [3.63, 3.8) is 0 Å². The van der Waals surface area contributed by atoms with E-state index in [1.807, 2.05) is 0 Å². The van der Waals surface area contributed by atoms with Crippen LogP contribution in [0.1, 0.15) is 18.5 Å². The van der Waals surface area contributed by atoms with Crippen LogP contribution in [0.15, 0.2) is 42.6 Å². The zero-order valence-corrected chi connectivity index (χ0v) is 10.2. The van der Waals surface area contributed by atoms with E-state index in [1.165, 1.54) is 18.3 Å². The number of anilines is 1. The summed E-state index contributed by atoms with van der Waals surface area (Å²) in [6, 6.07) is 9.04. The van der Waals surface area contributed by atoms with Crippen molar-refractivity contribution in [2.45, 2.75) is 13.0 Å². The van der Waals surface area contributed by atoms with E-state index < -0.39 is 4.92 Å². The van der Waals surface area contributed by atoms with Crippen LogP contribution in [-0.4, -0.2) is 9.91 Å². The summed E-state index contributed by atoms with van der Waals surface area (Å²) in [5.41, 5.74) is 1.13. The second-order valence-electron chi connectivity index (χ2n) is 4.05. The maximum Gasteiger partial charge on any atom is 0.363 e. The summed E-state index contributed by atoms with van der Waals surface area (Å²) in [4.78, 5) is 13.6. The van der Waals surface area contributed by atoms with E-state index in [1.54, 1.807) is 31.2 Å². The maximum atomic E-state index is 13.6. The minimum Gasteiger partial charge on any atom is -0.375 e. The monoisotopic (exact) mass is 261 g/mol. The molecule has 0 unspecified atom stereocenters. The number of aromatic nitrogens is 1. The number of hydrogen-bond donors (Lipinski definition) is 1. The Bertz CT molecular complexity index is 587. The summed E-state index contributed by atoms with van der Waals surface area (Å²) in [5.74, 6) is -0.513. The Labute approximate surface area is 109 Å². The van der Waals surface area contributed by atoms with Crippen molar-refractivity contribution in [3.8, 4) is 0 Å². The second kappa shape index (κ2) is 5.43. The van der Waals surface area contributed by atoms with E-state index in [2.05, 4.69) is 10.3 Å². The molecule has 0 amide bonds. The lowest BCUT2D eigenvalue weighted by Gasteiger charge is -2.15. The van der Waals surface area contributed by atoms with E-state index in [9.17, 15) is 14.5 Å². The van der Waals surface area contributed by atoms with Crippen molar-refractivity contribution in [2.24, 2.45) is 0 Å². The van der Waals surface area contributed by atoms with Crippen LogP contribution in [-0.2, 0) is 0 Å². The van der Waals surface area contributed by atoms with Gasteiger partial charge in [-0.05, 0) is 29.0 Å². The van der Waals surface area contributed by atoms with Crippen molar-refractivity contribution < 1.29 is 9.31 Å². The van der Waals surface area contributed by atoms with Crippen LogP contribution in [0.5, 0.6) is 0 Å². The highest BCUT2D eigenvalue weighted by Gasteiger charge is 2.12. The van der Waals surface area contributed by atoms with Gasteiger partial charge in [0.25, 0.3) is 0 Å². The molecule has 98 valence electrons. The van der Waals surface area contributed by atoms with Gasteiger partial charge in [0, 0.05) is 11.6 Å². The fourth-order valence-electron chi connectivity index (χ4n) is 1.73. The molecule has 0 saturated carbocycles. The Morgan fingerprint density at radius 2 is 2.05 bits per heavy atom. The summed E-state index contributed by atoms with van der Waals surface area (Å²) in [5, 5.41) is 13.5. The maximum absolute atomic E-state index is 13.6. The first-order valence-electron chi connectivity index (χ1n) is 5.69. The first kappa shape index (κ1) is 12.9. The molecule has 0 fully saturated rings. The lowest BCUT2D eigenvalue weighted by Crippen LogP contribution is -2.08. The first-order chi connectivity index (χ1) is 9.08. The van der Waals surface area contributed by atoms with Crippen molar-refractivity contribution >= 4 is 11.5 Å². The summed E-state index contributed by atoms with van der Waals surface area (Å²) in [6.45, 7) is 1.81. The standard InChI is InChI=1S/C13H12FN3O2/c1-9(11-4-2-3-5-12(11)14)16-10-6-7-13(15-8-10)17(18)19/h2-9,16H,1H3/t9-/m0/s1. The highest BCUT2D eigenvalue weighted by Crippen LogP contribution is 2.21. The molecule has 2 aromatic rings. The number of nitrogens with one attached hydrogen (secondary N) is 1. The number of benzene rings is 1. The highest BCUT2D eigenvalue weighted by atomic mass is 19.1. The fraction of sp³-hybridized carbons (Fsp3) is 0.154. The van der Waals surface area contributed by atoms with Crippen molar-refractivity contribution in [2.75, 3.05) is 5.32 Å². The molecule has 1 N–H and O–H groups in total. The number of nitro groups is 1. The Morgan fingerprint density at radius 3 is 2.63 bits per heavy atom. The Hall–Kier alpha value is -2.50. The van der Waals surface area contributed by atoms with Gasteiger partial charge in [0.1, 0.15) is 5.82 Å². The zero-order chi connectivity index (χ0) is 13.8. The molecule has 1 aromatic carbocycles. The molecule has 2 rings (SSSR count). The number of nitrogens with zero attached hydrogens (tertiary/aromatic N) is 2. The van der Waals surface area contributed by atoms with E-state index >= 15 is 0 Å². The normalized spacial score (nSPS) is 11.9. The summed E-state index contributed by atoms with van der Waals surface area (Å²) < 4.78 is 13.6. The predicted octanol–water partition coefficient (Wildman–Crippen LogP) is 3.30. The average molecular weight is 261 g/mol. The molecule has 0 aliphatic rings. The first-order valence-corrected chi connectivity index (χ1v) is 5.69. The van der Waals surface area contributed by atoms with E-state index in [0.717, 1.165) is 0 Å². The number of hydrogen-bond acceptors (Lipinski definition) is 4. The molecule has 0 saturated heterocycles. The van der Waals surface area contributed by atoms with Crippen molar-refractivity contribution in [1.29, 1.82) is 0 Å². The van der Waals surface area contributed by atoms with E-state index in [-0.39, 0.29) is 17.7 Å². The Kier molecular flexibility index (Phi) is 3.70. The van der Waals surface area contributed by atoms with Gasteiger partial charge in [-0.1, -0.05) is 18.2 Å². The zero-order valence-electron chi connectivity index (χ0n) is 10.2. The van der Waals surface area contributed by atoms with Crippen LogP contribution in [0.2, 0.25) is 0 Å². The third-order valence-corrected chi connectivity index (χ3v) is 2.69. The fourth-order valence-corrected chi connectivity index (χ4v) is 1.73. The third kappa shape index (κ3) is 3.04. The van der Waals surface area contributed by atoms with Crippen LogP contribution in [0.3, 0.4) is 0 Å². The van der Waals surface area contributed by atoms with Gasteiger partial charge >= 0.3 is 5.82 Å². The van der Waals surface area contributed by atoms with Crippen molar-refractivity contribution in [1.82, 2.24) is 4.98 Å². The molecular weight excluding hydrogens is 249 g/mol. The van der Waals surface area contributed by atoms with Crippen LogP contribution in [0.4, 0.5) is 15.9 Å². The molecule has 5 nitrogen and oxygen atoms in total. The average Bonchev–Trinajstić information content (AvgIpc) is 2.39.